The first-order chi connectivity index (χ1) is 5.72. The van der Waals surface area contributed by atoms with E-state index >= 15 is 0 Å². The quantitative estimate of drug-likeness (QED) is 0.437. The number of hydrazine groups is 1. The van der Waals surface area contributed by atoms with Crippen molar-refractivity contribution in [2.75, 3.05) is 20.1 Å². The van der Waals surface area contributed by atoms with Crippen molar-refractivity contribution in [3.63, 3.8) is 0 Å². The zero-order valence-corrected chi connectivity index (χ0v) is 7.71. The number of rotatable bonds is 4. The summed E-state index contributed by atoms with van der Waals surface area (Å²) in [6, 6.07) is 0.383. The second-order valence-corrected chi connectivity index (χ2v) is 3.46. The van der Waals surface area contributed by atoms with Crippen LogP contribution in [0.5, 0.6) is 0 Å². The number of likely N-dealkylation sites (tertiary alicyclic amines) is 1. The molecule has 1 aliphatic heterocycles. The van der Waals surface area contributed by atoms with Gasteiger partial charge in [0.05, 0.1) is 6.04 Å². The summed E-state index contributed by atoms with van der Waals surface area (Å²) in [6.45, 7) is 4.02. The molecule has 2 N–H and O–H groups in total. The number of aldehydes is 1. The summed E-state index contributed by atoms with van der Waals surface area (Å²) in [5.74, 6) is 0. The second kappa shape index (κ2) is 4.54. The molecule has 1 saturated heterocycles. The molecule has 12 heavy (non-hydrogen) atoms. The number of likely N-dealkylation sites (N-methyl/N-ethyl adjacent to an activating group) is 1. The molecule has 0 aromatic carbocycles. The van der Waals surface area contributed by atoms with Crippen LogP contribution in [-0.4, -0.2) is 43.4 Å². The molecule has 70 valence electrons. The molecule has 0 aromatic rings. The molecule has 1 fully saturated rings. The predicted octanol–water partition coefficient (Wildman–Crippen LogP) is -0.628. The summed E-state index contributed by atoms with van der Waals surface area (Å²) in [5, 5.41) is 0. The highest BCUT2D eigenvalue weighted by Gasteiger charge is 2.18. The average molecular weight is 171 g/mol. The van der Waals surface area contributed by atoms with Crippen LogP contribution in [-0.2, 0) is 4.79 Å². The van der Waals surface area contributed by atoms with Crippen LogP contribution in [0.3, 0.4) is 0 Å². The Morgan fingerprint density at radius 3 is 2.92 bits per heavy atom. The summed E-state index contributed by atoms with van der Waals surface area (Å²) in [4.78, 5) is 12.5. The Labute approximate surface area is 73.3 Å². The van der Waals surface area contributed by atoms with Gasteiger partial charge in [0.15, 0.2) is 0 Å². The molecule has 0 bridgehead atoms. The first-order valence-electron chi connectivity index (χ1n) is 4.37. The van der Waals surface area contributed by atoms with Crippen molar-refractivity contribution in [2.45, 2.75) is 25.4 Å². The fourth-order valence-corrected chi connectivity index (χ4v) is 1.34. The molecule has 1 rings (SSSR count). The Morgan fingerprint density at radius 2 is 2.42 bits per heavy atom. The first kappa shape index (κ1) is 9.64. The van der Waals surface area contributed by atoms with E-state index in [0.29, 0.717) is 6.04 Å². The van der Waals surface area contributed by atoms with Crippen LogP contribution < -0.4 is 10.9 Å². The topological polar surface area (TPSA) is 44.4 Å². The van der Waals surface area contributed by atoms with E-state index in [-0.39, 0.29) is 6.04 Å². The molecule has 1 aliphatic rings. The van der Waals surface area contributed by atoms with Crippen molar-refractivity contribution in [1.82, 2.24) is 15.8 Å². The van der Waals surface area contributed by atoms with Crippen LogP contribution in [0.4, 0.5) is 0 Å². The lowest BCUT2D eigenvalue weighted by Crippen LogP contribution is -2.46. The number of hydrogen-bond acceptors (Lipinski definition) is 4. The van der Waals surface area contributed by atoms with Crippen molar-refractivity contribution < 1.29 is 4.79 Å². The lowest BCUT2D eigenvalue weighted by molar-refractivity contribution is -0.109. The zero-order valence-electron chi connectivity index (χ0n) is 7.71. The molecular formula is C8H17N3O. The van der Waals surface area contributed by atoms with Crippen LogP contribution in [0.2, 0.25) is 0 Å². The van der Waals surface area contributed by atoms with E-state index < -0.39 is 0 Å². The van der Waals surface area contributed by atoms with E-state index in [1.54, 1.807) is 0 Å². The van der Waals surface area contributed by atoms with Gasteiger partial charge < -0.3 is 9.69 Å². The van der Waals surface area contributed by atoms with E-state index in [2.05, 4.69) is 22.8 Å². The lowest BCUT2D eigenvalue weighted by atomic mass is 10.3. The van der Waals surface area contributed by atoms with E-state index in [4.69, 9.17) is 0 Å². The largest absolute Gasteiger partial charge is 0.305 e. The van der Waals surface area contributed by atoms with Gasteiger partial charge in [-0.3, -0.25) is 5.43 Å². The minimum atomic E-state index is -0.101. The zero-order chi connectivity index (χ0) is 8.97. The Bertz CT molecular complexity index is 151. The van der Waals surface area contributed by atoms with Gasteiger partial charge in [0.1, 0.15) is 6.29 Å². The van der Waals surface area contributed by atoms with Crippen LogP contribution in [0.15, 0.2) is 0 Å². The van der Waals surface area contributed by atoms with E-state index in [1.165, 1.54) is 0 Å². The number of nitrogens with zero attached hydrogens (tertiary/aromatic N) is 1. The van der Waals surface area contributed by atoms with E-state index in [1.807, 2.05) is 6.92 Å². The molecular weight excluding hydrogens is 154 g/mol. The molecule has 4 nitrogen and oxygen atoms in total. The molecule has 1 heterocycles. The number of hydrogen-bond donors (Lipinski definition) is 2. The van der Waals surface area contributed by atoms with Crippen LogP contribution >= 0.6 is 0 Å². The monoisotopic (exact) mass is 171 g/mol. The highest BCUT2D eigenvalue weighted by molar-refractivity contribution is 5.56. The Hall–Kier alpha value is -0.450. The number of carbonyl (C=O) groups is 1. The average Bonchev–Trinajstić information content (AvgIpc) is 2.47. The van der Waals surface area contributed by atoms with Gasteiger partial charge >= 0.3 is 0 Å². The van der Waals surface area contributed by atoms with Crippen molar-refractivity contribution in [2.24, 2.45) is 0 Å². The molecule has 1 unspecified atom stereocenters. The van der Waals surface area contributed by atoms with E-state index in [9.17, 15) is 4.79 Å². The third kappa shape index (κ3) is 2.89. The smallest absolute Gasteiger partial charge is 0.137 e. The van der Waals surface area contributed by atoms with Gasteiger partial charge in [-0.25, -0.2) is 5.43 Å². The van der Waals surface area contributed by atoms with Gasteiger partial charge in [-0.1, -0.05) is 0 Å². The molecule has 0 aliphatic carbocycles. The van der Waals surface area contributed by atoms with Crippen molar-refractivity contribution >= 4 is 6.29 Å². The fourth-order valence-electron chi connectivity index (χ4n) is 1.34. The van der Waals surface area contributed by atoms with Crippen LogP contribution in [0.1, 0.15) is 13.3 Å². The summed E-state index contributed by atoms with van der Waals surface area (Å²) in [7, 11) is 2.10. The van der Waals surface area contributed by atoms with Gasteiger partial charge in [-0.15, -0.1) is 0 Å². The summed E-state index contributed by atoms with van der Waals surface area (Å²) < 4.78 is 0. The SMILES string of the molecule is C[C@@H](C=O)NNC1CCN(C)C1. The van der Waals surface area contributed by atoms with Gasteiger partial charge in [-0.05, 0) is 26.9 Å². The molecule has 2 atom stereocenters. The van der Waals surface area contributed by atoms with Crippen molar-refractivity contribution in [3.05, 3.63) is 0 Å². The van der Waals surface area contributed by atoms with E-state index in [0.717, 1.165) is 25.8 Å². The third-order valence-electron chi connectivity index (χ3n) is 2.11. The number of nitrogens with one attached hydrogen (secondary N) is 2. The van der Waals surface area contributed by atoms with Gasteiger partial charge in [0.25, 0.3) is 0 Å². The molecule has 4 heteroatoms. The normalized spacial score (nSPS) is 27.3. The fraction of sp³-hybridized carbons (Fsp3) is 0.875. The maximum absolute atomic E-state index is 10.3. The summed E-state index contributed by atoms with van der Waals surface area (Å²) >= 11 is 0. The first-order valence-corrected chi connectivity index (χ1v) is 4.37. The molecule has 0 aromatic heterocycles. The molecule has 0 radical (unpaired) electrons. The maximum atomic E-state index is 10.3. The number of carbonyl (C=O) groups excluding carboxylic acids is 1. The highest BCUT2D eigenvalue weighted by Crippen LogP contribution is 2.04. The lowest BCUT2D eigenvalue weighted by Gasteiger charge is -2.15. The van der Waals surface area contributed by atoms with Crippen molar-refractivity contribution in [3.8, 4) is 0 Å². The minimum absolute atomic E-state index is 0.101. The van der Waals surface area contributed by atoms with Crippen LogP contribution in [0, 0.1) is 0 Å². The summed E-state index contributed by atoms with van der Waals surface area (Å²) in [6.07, 6.45) is 2.04. The Balaban J connectivity index is 2.11. The van der Waals surface area contributed by atoms with Gasteiger partial charge in [0, 0.05) is 12.6 Å². The highest BCUT2D eigenvalue weighted by atomic mass is 16.1. The summed E-state index contributed by atoms with van der Waals surface area (Å²) in [5.41, 5.74) is 6.09. The molecule has 0 saturated carbocycles. The molecule has 0 amide bonds. The maximum Gasteiger partial charge on any atom is 0.137 e. The van der Waals surface area contributed by atoms with Crippen molar-refractivity contribution in [1.29, 1.82) is 0 Å². The Morgan fingerprint density at radius 1 is 1.67 bits per heavy atom. The predicted molar refractivity (Wildman–Crippen MR) is 47.7 cm³/mol. The molecule has 0 spiro atoms. The van der Waals surface area contributed by atoms with Gasteiger partial charge in [-0.2, -0.15) is 0 Å². The third-order valence-corrected chi connectivity index (χ3v) is 2.11. The standard InChI is InChI=1S/C8H17N3O/c1-7(6-12)9-10-8-3-4-11(2)5-8/h6-10H,3-5H2,1-2H3/t7-,8?/m0/s1. The van der Waals surface area contributed by atoms with Crippen LogP contribution in [0.25, 0.3) is 0 Å². The van der Waals surface area contributed by atoms with Gasteiger partial charge in [0.2, 0.25) is 0 Å². The second-order valence-electron chi connectivity index (χ2n) is 3.46. The minimum Gasteiger partial charge on any atom is -0.305 e. The Kier molecular flexibility index (Phi) is 3.65.